The zero-order chi connectivity index (χ0) is 26.9. The largest absolute Gasteiger partial charge is 0.480 e. The van der Waals surface area contributed by atoms with Crippen LogP contribution in [0, 0.1) is 12.7 Å². The van der Waals surface area contributed by atoms with E-state index in [1.54, 1.807) is 19.1 Å². The van der Waals surface area contributed by atoms with Gasteiger partial charge >= 0.3 is 6.18 Å². The SMILES string of the molecule is COc1nc(C)c(-c2ccc3nc(NC(C)=O)cn3n2)cc1C(=O)NCc1cc(F)cc(C(F)(F)F)c1. The number of ether oxygens (including phenoxy) is 1. The molecule has 4 aromatic rings. The maximum Gasteiger partial charge on any atom is 0.416 e. The lowest BCUT2D eigenvalue weighted by atomic mass is 10.1. The molecule has 0 unspecified atom stereocenters. The number of carbonyl (C=O) groups is 2. The molecule has 0 aliphatic heterocycles. The summed E-state index contributed by atoms with van der Waals surface area (Å²) < 4.78 is 59.4. The Bertz CT molecular complexity index is 1520. The van der Waals surface area contributed by atoms with Crippen LogP contribution in [0.15, 0.2) is 42.6 Å². The number of hydrogen-bond acceptors (Lipinski definition) is 6. The summed E-state index contributed by atoms with van der Waals surface area (Å²) in [5.41, 5.74) is 0.648. The van der Waals surface area contributed by atoms with Crippen LogP contribution in [0.1, 0.15) is 34.1 Å². The highest BCUT2D eigenvalue weighted by Gasteiger charge is 2.31. The zero-order valence-electron chi connectivity index (χ0n) is 19.8. The zero-order valence-corrected chi connectivity index (χ0v) is 19.8. The fraction of sp³-hybridized carbons (Fsp3) is 0.208. The molecular weight excluding hydrogens is 496 g/mol. The van der Waals surface area contributed by atoms with Gasteiger partial charge in [0, 0.05) is 19.0 Å². The van der Waals surface area contributed by atoms with Gasteiger partial charge in [-0.05, 0) is 48.9 Å². The van der Waals surface area contributed by atoms with Crippen LogP contribution < -0.4 is 15.4 Å². The minimum absolute atomic E-state index is 0.00186. The van der Waals surface area contributed by atoms with Gasteiger partial charge in [-0.25, -0.2) is 18.9 Å². The number of carbonyl (C=O) groups excluding carboxylic acids is 2. The van der Waals surface area contributed by atoms with Crippen LogP contribution >= 0.6 is 0 Å². The summed E-state index contributed by atoms with van der Waals surface area (Å²) in [5, 5.41) is 9.51. The Balaban J connectivity index is 1.63. The average Bonchev–Trinajstić information content (AvgIpc) is 3.22. The van der Waals surface area contributed by atoms with Crippen molar-refractivity contribution in [3.8, 4) is 17.1 Å². The molecule has 1 aromatic carbocycles. The molecule has 192 valence electrons. The van der Waals surface area contributed by atoms with E-state index in [0.29, 0.717) is 34.5 Å². The van der Waals surface area contributed by atoms with Crippen molar-refractivity contribution in [3.05, 3.63) is 70.8 Å². The molecular formula is C24H20F4N6O3. The van der Waals surface area contributed by atoms with Gasteiger partial charge in [0.25, 0.3) is 5.91 Å². The van der Waals surface area contributed by atoms with Gasteiger partial charge in [0.2, 0.25) is 11.8 Å². The van der Waals surface area contributed by atoms with Crippen LogP contribution in [0.5, 0.6) is 5.88 Å². The first-order chi connectivity index (χ1) is 17.4. The predicted molar refractivity (Wildman–Crippen MR) is 124 cm³/mol. The van der Waals surface area contributed by atoms with Crippen LogP contribution in [0.25, 0.3) is 16.9 Å². The first kappa shape index (κ1) is 25.5. The van der Waals surface area contributed by atoms with Crippen molar-refractivity contribution in [2.24, 2.45) is 0 Å². The van der Waals surface area contributed by atoms with E-state index in [4.69, 9.17) is 4.74 Å². The predicted octanol–water partition coefficient (Wildman–Crippen LogP) is 4.15. The number of aromatic nitrogens is 4. The van der Waals surface area contributed by atoms with E-state index in [1.165, 1.54) is 30.8 Å². The second-order valence-corrected chi connectivity index (χ2v) is 8.04. The highest BCUT2D eigenvalue weighted by atomic mass is 19.4. The number of nitrogens with zero attached hydrogens (tertiary/aromatic N) is 4. The summed E-state index contributed by atoms with van der Waals surface area (Å²) in [5.74, 6) is -1.75. The van der Waals surface area contributed by atoms with E-state index in [1.807, 2.05) is 0 Å². The van der Waals surface area contributed by atoms with Crippen LogP contribution in [0.3, 0.4) is 0 Å². The van der Waals surface area contributed by atoms with Gasteiger partial charge in [0.05, 0.1) is 30.3 Å². The number of nitrogens with one attached hydrogen (secondary N) is 2. The lowest BCUT2D eigenvalue weighted by Crippen LogP contribution is -2.24. The monoisotopic (exact) mass is 516 g/mol. The molecule has 0 aliphatic carbocycles. The number of anilines is 1. The summed E-state index contributed by atoms with van der Waals surface area (Å²) in [7, 11) is 1.32. The number of amides is 2. The Labute approximate surface area is 207 Å². The molecule has 0 radical (unpaired) electrons. The summed E-state index contributed by atoms with van der Waals surface area (Å²) in [6.45, 7) is 2.68. The molecule has 9 nitrogen and oxygen atoms in total. The molecule has 3 aromatic heterocycles. The molecule has 0 saturated carbocycles. The summed E-state index contributed by atoms with van der Waals surface area (Å²) in [6.07, 6.45) is -3.21. The number of pyridine rings is 1. The second-order valence-electron chi connectivity index (χ2n) is 8.04. The Hall–Kier alpha value is -4.55. The minimum Gasteiger partial charge on any atom is -0.480 e. The summed E-state index contributed by atoms with van der Waals surface area (Å²) >= 11 is 0. The molecule has 4 rings (SSSR count). The van der Waals surface area contributed by atoms with Crippen molar-refractivity contribution in [1.82, 2.24) is 24.9 Å². The van der Waals surface area contributed by atoms with Gasteiger partial charge in [-0.3, -0.25) is 9.59 Å². The highest BCUT2D eigenvalue weighted by molar-refractivity contribution is 5.97. The van der Waals surface area contributed by atoms with Gasteiger partial charge in [-0.2, -0.15) is 18.3 Å². The number of imidazole rings is 1. The number of benzene rings is 1. The van der Waals surface area contributed by atoms with Crippen LogP contribution in [-0.2, 0) is 17.5 Å². The lowest BCUT2D eigenvalue weighted by molar-refractivity contribution is -0.137. The molecule has 37 heavy (non-hydrogen) atoms. The third-order valence-electron chi connectivity index (χ3n) is 5.25. The first-order valence-electron chi connectivity index (χ1n) is 10.8. The standard InChI is InChI=1S/C24H20F4N6O3/c1-12-17(19-4-5-21-32-20(31-13(2)35)11-34(21)33-19)9-18(23(30-12)37-3)22(36)29-10-14-6-15(24(26,27)28)8-16(25)7-14/h4-9,11H,10H2,1-3H3,(H,29,36)(H,31,35). The van der Waals surface area contributed by atoms with E-state index in [-0.39, 0.29) is 29.5 Å². The number of aryl methyl sites for hydroxylation is 1. The third-order valence-corrected chi connectivity index (χ3v) is 5.25. The van der Waals surface area contributed by atoms with Gasteiger partial charge in [0.15, 0.2) is 11.5 Å². The van der Waals surface area contributed by atoms with Gasteiger partial charge < -0.3 is 15.4 Å². The lowest BCUT2D eigenvalue weighted by Gasteiger charge is -2.13. The molecule has 13 heteroatoms. The van der Waals surface area contributed by atoms with Crippen LogP contribution in [0.2, 0.25) is 0 Å². The molecule has 0 atom stereocenters. The third kappa shape index (κ3) is 5.66. The smallest absolute Gasteiger partial charge is 0.416 e. The maximum atomic E-state index is 13.7. The van der Waals surface area contributed by atoms with Crippen molar-refractivity contribution < 1.29 is 31.9 Å². The fourth-order valence-electron chi connectivity index (χ4n) is 3.62. The summed E-state index contributed by atoms with van der Waals surface area (Å²) in [4.78, 5) is 32.8. The van der Waals surface area contributed by atoms with E-state index >= 15 is 0 Å². The first-order valence-corrected chi connectivity index (χ1v) is 10.8. The molecule has 0 bridgehead atoms. The Morgan fingerprint density at radius 2 is 1.86 bits per heavy atom. The Morgan fingerprint density at radius 1 is 1.11 bits per heavy atom. The quantitative estimate of drug-likeness (QED) is 0.373. The Morgan fingerprint density at radius 3 is 2.54 bits per heavy atom. The van der Waals surface area contributed by atoms with E-state index in [9.17, 15) is 27.2 Å². The van der Waals surface area contributed by atoms with Gasteiger partial charge in [0.1, 0.15) is 11.4 Å². The second kappa shape index (κ2) is 9.84. The number of alkyl halides is 3. The van der Waals surface area contributed by atoms with Crippen LogP contribution in [0.4, 0.5) is 23.4 Å². The van der Waals surface area contributed by atoms with Crippen molar-refractivity contribution in [2.75, 3.05) is 12.4 Å². The molecule has 0 aliphatic rings. The van der Waals surface area contributed by atoms with Crippen molar-refractivity contribution in [2.45, 2.75) is 26.6 Å². The molecule has 0 spiro atoms. The van der Waals surface area contributed by atoms with E-state index < -0.39 is 23.5 Å². The topological polar surface area (TPSA) is 111 Å². The molecule has 3 heterocycles. The highest BCUT2D eigenvalue weighted by Crippen LogP contribution is 2.31. The van der Waals surface area contributed by atoms with Crippen molar-refractivity contribution in [1.29, 1.82) is 0 Å². The average molecular weight is 516 g/mol. The molecule has 0 fully saturated rings. The van der Waals surface area contributed by atoms with Gasteiger partial charge in [-0.15, -0.1) is 0 Å². The van der Waals surface area contributed by atoms with Crippen molar-refractivity contribution >= 4 is 23.3 Å². The van der Waals surface area contributed by atoms with E-state index in [0.717, 1.165) is 12.1 Å². The fourth-order valence-corrected chi connectivity index (χ4v) is 3.62. The minimum atomic E-state index is -4.73. The van der Waals surface area contributed by atoms with E-state index in [2.05, 4.69) is 25.7 Å². The molecule has 2 amide bonds. The van der Waals surface area contributed by atoms with Crippen LogP contribution in [-0.4, -0.2) is 38.5 Å². The van der Waals surface area contributed by atoms with Gasteiger partial charge in [-0.1, -0.05) is 0 Å². The normalized spacial score (nSPS) is 11.4. The summed E-state index contributed by atoms with van der Waals surface area (Å²) in [6, 6.07) is 6.86. The number of rotatable bonds is 6. The van der Waals surface area contributed by atoms with Crippen molar-refractivity contribution in [3.63, 3.8) is 0 Å². The maximum absolute atomic E-state index is 13.7. The number of hydrogen-bond donors (Lipinski definition) is 2. The number of fused-ring (bicyclic) bond motifs is 1. The number of halogens is 4. The molecule has 0 saturated heterocycles. The number of methoxy groups -OCH3 is 1. The Kier molecular flexibility index (Phi) is 6.79. The molecule has 2 N–H and O–H groups in total.